The molecule has 0 heterocycles. The minimum atomic E-state index is -3.75. The van der Waals surface area contributed by atoms with E-state index < -0.39 is 61.1 Å². The van der Waals surface area contributed by atoms with E-state index in [0.29, 0.717) is 20.1 Å². The van der Waals surface area contributed by atoms with Crippen LogP contribution in [0.15, 0.2) is 97.1 Å². The molecule has 0 aliphatic heterocycles. The molecule has 4 rings (SSSR count). The molecule has 0 amide bonds. The molecule has 0 saturated heterocycles. The Kier molecular flexibility index (Phi) is 25.1. The molecule has 0 aliphatic carbocycles. The average Bonchev–Trinajstić information content (AvgIpc) is 2.94. The van der Waals surface area contributed by atoms with Gasteiger partial charge in [0.05, 0.1) is 0 Å². The molecular weight excluding hydrogens is 1010 g/mol. The second-order valence-corrected chi connectivity index (χ2v) is 14.7. The first-order valence-corrected chi connectivity index (χ1v) is 23.1. The van der Waals surface area contributed by atoms with E-state index in [-0.39, 0.29) is 49.2 Å². The van der Waals surface area contributed by atoms with Crippen molar-refractivity contribution in [3.63, 3.8) is 0 Å². The van der Waals surface area contributed by atoms with Gasteiger partial charge in [-0.1, -0.05) is 0 Å². The molecule has 0 fully saturated rings. The maximum Gasteiger partial charge on any atom is 4.00 e. The fourth-order valence-electron chi connectivity index (χ4n) is 2.47. The zero-order valence-corrected chi connectivity index (χ0v) is 36.0. The van der Waals surface area contributed by atoms with Gasteiger partial charge in [0.25, 0.3) is 0 Å². The summed E-state index contributed by atoms with van der Waals surface area (Å²) in [5, 5.41) is 1.24. The van der Waals surface area contributed by atoms with E-state index in [1.54, 1.807) is 72.8 Å². The number of hydrogen-bond acceptors (Lipinski definition) is 12. The van der Waals surface area contributed by atoms with Crippen LogP contribution in [0.1, 0.15) is 0 Å². The second-order valence-electron chi connectivity index (χ2n) is 7.13. The van der Waals surface area contributed by atoms with E-state index in [0.717, 1.165) is 0 Å². The molecule has 4 aromatic rings. The van der Waals surface area contributed by atoms with Gasteiger partial charge in [-0.25, -0.2) is 0 Å². The van der Waals surface area contributed by atoms with Crippen LogP contribution in [0.3, 0.4) is 0 Å². The van der Waals surface area contributed by atoms with Crippen LogP contribution in [0.4, 0.5) is 0 Å². The van der Waals surface area contributed by atoms with Gasteiger partial charge in [-0.15, -0.1) is 0 Å². The van der Waals surface area contributed by atoms with Gasteiger partial charge in [0.1, 0.15) is 0 Å². The Hall–Kier alpha value is -0.603. The summed E-state index contributed by atoms with van der Waals surface area (Å²) in [6.07, 6.45) is 0. The van der Waals surface area contributed by atoms with Crippen LogP contribution in [0, 0.1) is 0 Å². The molecule has 0 spiro atoms. The third kappa shape index (κ3) is 21.1. The Bertz CT molecular complexity index is 1340. The third-order valence-electron chi connectivity index (χ3n) is 4.12. The summed E-state index contributed by atoms with van der Waals surface area (Å²) < 4.78 is 99.3. The largest absolute Gasteiger partial charge is 4.00 e. The van der Waals surface area contributed by atoms with Crippen molar-refractivity contribution < 1.29 is 72.4 Å². The molecule has 4 atom stereocenters. The number of benzene rings is 4. The summed E-state index contributed by atoms with van der Waals surface area (Å²) in [5.74, 6) is 0.812. The molecule has 4 aromatic carbocycles. The predicted molar refractivity (Wildman–Crippen MR) is 160 cm³/mol. The standard InChI is InChI=1S/4C6H6AsClO3.Zr/c4*8-5-3-1-2-4-6(5)11-7(9)10;/h4*1-4,7H,(H,9,10);/q;;;;+4/p-4. The molecule has 12 nitrogen and oxygen atoms in total. The molecule has 0 N–H and O–H groups in total. The van der Waals surface area contributed by atoms with E-state index in [9.17, 15) is 31.3 Å². The number of hydrogen-bond donors (Lipinski definition) is 0. The summed E-state index contributed by atoms with van der Waals surface area (Å²) in [5.41, 5.74) is 0. The van der Waals surface area contributed by atoms with Crippen LogP contribution in [0.5, 0.6) is 23.0 Å². The molecule has 0 bridgehead atoms. The van der Waals surface area contributed by atoms with E-state index in [1.165, 1.54) is 24.3 Å². The van der Waals surface area contributed by atoms with E-state index in [1.807, 2.05) is 0 Å². The first-order chi connectivity index (χ1) is 20.8. The van der Waals surface area contributed by atoms with Crippen LogP contribution in [-0.4, -0.2) is 61.1 Å². The SMILES string of the molecule is O=[AsH]([O-])Oc1ccccc1Cl.O=[AsH]([O-])Oc1ccccc1Cl.O=[AsH]([O-])Oc1ccccc1Cl.O=[AsH]([O-])Oc1ccccc1Cl.[Zr+4]. The van der Waals surface area contributed by atoms with Gasteiger partial charge < -0.3 is 0 Å². The first kappa shape index (κ1) is 44.4. The van der Waals surface area contributed by atoms with Gasteiger partial charge in [0.2, 0.25) is 0 Å². The van der Waals surface area contributed by atoms with Gasteiger partial charge in [-0.05, 0) is 0 Å². The number of rotatable bonds is 8. The zero-order valence-electron chi connectivity index (χ0n) is 22.1. The minimum absolute atomic E-state index is 0. The normalized spacial score (nSPS) is 12.3. The Morgan fingerprint density at radius 2 is 0.533 bits per heavy atom. The fourth-order valence-corrected chi connectivity index (χ4v) is 6.71. The van der Waals surface area contributed by atoms with E-state index >= 15 is 0 Å². The smallest absolute Gasteiger partial charge is 4.00 e. The molecule has 240 valence electrons. The Morgan fingerprint density at radius 1 is 0.378 bits per heavy atom. The van der Waals surface area contributed by atoms with Crippen molar-refractivity contribution in [3.05, 3.63) is 117 Å². The molecule has 4 unspecified atom stereocenters. The Morgan fingerprint density at radius 3 is 0.667 bits per heavy atom. The molecular formula is C24H20As4Cl4O12Zr. The van der Waals surface area contributed by atoms with Gasteiger partial charge in [0.15, 0.2) is 0 Å². The monoisotopic (exact) mass is 1030 g/mol. The van der Waals surface area contributed by atoms with Crippen molar-refractivity contribution >= 4 is 107 Å². The maximum absolute atomic E-state index is 10.2. The summed E-state index contributed by atoms with van der Waals surface area (Å²) in [6, 6.07) is 25.7. The molecule has 0 aliphatic rings. The molecule has 21 heteroatoms. The van der Waals surface area contributed by atoms with Crippen LogP contribution in [0.25, 0.3) is 0 Å². The van der Waals surface area contributed by atoms with Crippen LogP contribution in [-0.2, 0) is 41.2 Å². The Balaban J connectivity index is 0.000000569. The van der Waals surface area contributed by atoms with Gasteiger partial charge in [-0.2, -0.15) is 0 Å². The van der Waals surface area contributed by atoms with Crippen LogP contribution in [0.2, 0.25) is 20.1 Å². The quantitative estimate of drug-likeness (QED) is 0.227. The summed E-state index contributed by atoms with van der Waals surface area (Å²) in [7, 11) is 0. The average molecular weight is 1030 g/mol. The molecule has 45 heavy (non-hydrogen) atoms. The van der Waals surface area contributed by atoms with Crippen molar-refractivity contribution in [2.45, 2.75) is 0 Å². The first-order valence-electron chi connectivity index (χ1n) is 11.3. The van der Waals surface area contributed by atoms with Crippen molar-refractivity contribution in [2.75, 3.05) is 0 Å². The second kappa shape index (κ2) is 25.4. The van der Waals surface area contributed by atoms with Crippen molar-refractivity contribution in [3.8, 4) is 23.0 Å². The molecule has 0 radical (unpaired) electrons. The van der Waals surface area contributed by atoms with Crippen LogP contribution >= 0.6 is 46.4 Å². The van der Waals surface area contributed by atoms with Crippen LogP contribution < -0.4 is 31.3 Å². The fraction of sp³-hybridized carbons (Fsp3) is 0. The topological polar surface area (TPSA) is 197 Å². The van der Waals surface area contributed by atoms with Crippen molar-refractivity contribution in [1.82, 2.24) is 0 Å². The number of para-hydroxylation sites is 4. The molecule has 0 saturated carbocycles. The van der Waals surface area contributed by atoms with Gasteiger partial charge >= 0.3 is 320 Å². The van der Waals surface area contributed by atoms with Crippen molar-refractivity contribution in [1.29, 1.82) is 0 Å². The minimum Gasteiger partial charge on any atom is 4.00 e. The molecule has 0 aromatic heterocycles. The van der Waals surface area contributed by atoms with E-state index in [4.69, 9.17) is 46.4 Å². The summed E-state index contributed by atoms with van der Waals surface area (Å²) in [6.45, 7) is 0. The number of halogens is 4. The third-order valence-corrected chi connectivity index (χ3v) is 8.61. The van der Waals surface area contributed by atoms with Gasteiger partial charge in [0, 0.05) is 0 Å². The maximum atomic E-state index is 10.2. The Labute approximate surface area is 316 Å². The predicted octanol–water partition coefficient (Wildman–Crippen LogP) is 0.905. The summed E-state index contributed by atoms with van der Waals surface area (Å²) >= 11 is 7.38. The van der Waals surface area contributed by atoms with Crippen molar-refractivity contribution in [2.24, 2.45) is 0 Å². The van der Waals surface area contributed by atoms with Gasteiger partial charge in [-0.3, -0.25) is 0 Å². The summed E-state index contributed by atoms with van der Waals surface area (Å²) in [4.78, 5) is 0. The van der Waals surface area contributed by atoms with E-state index in [2.05, 4.69) is 14.9 Å². The zero-order chi connectivity index (χ0) is 33.1.